The molecule has 10 nitrogen and oxygen atoms in total. The molecule has 0 spiro atoms. The summed E-state index contributed by atoms with van der Waals surface area (Å²) < 4.78 is 78.9. The number of nitro groups is 1. The van der Waals surface area contributed by atoms with E-state index < -0.39 is 49.0 Å². The second-order valence-electron chi connectivity index (χ2n) is 6.51. The Kier molecular flexibility index (Phi) is 8.35. The van der Waals surface area contributed by atoms with Crippen LogP contribution in [-0.2, 0) is 23.9 Å². The molecule has 0 aliphatic rings. The number of esters is 1. The van der Waals surface area contributed by atoms with Crippen LogP contribution in [0.3, 0.4) is 0 Å². The maximum absolute atomic E-state index is 13.4. The Bertz CT molecular complexity index is 1190. The Hall–Kier alpha value is -3.94. The molecule has 0 bridgehead atoms. The predicted octanol–water partition coefficient (Wildman–Crippen LogP) is 3.76. The van der Waals surface area contributed by atoms with Crippen molar-refractivity contribution in [3.8, 4) is 5.75 Å². The fraction of sp³-hybridized carbons (Fsp3) is 0.200. The molecule has 34 heavy (non-hydrogen) atoms. The van der Waals surface area contributed by atoms with Crippen LogP contribution in [0.4, 0.5) is 18.9 Å². The number of oxime groups is 1. The molecule has 0 heterocycles. The van der Waals surface area contributed by atoms with Crippen molar-refractivity contribution in [3.63, 3.8) is 0 Å². The molecule has 2 aromatic rings. The number of halogens is 3. The van der Waals surface area contributed by atoms with Crippen molar-refractivity contribution in [2.24, 2.45) is 5.16 Å². The van der Waals surface area contributed by atoms with Crippen LogP contribution < -0.4 is 4.74 Å². The minimum absolute atomic E-state index is 0.0742. The first-order valence-corrected chi connectivity index (χ1v) is 10.6. The zero-order chi connectivity index (χ0) is 25.5. The summed E-state index contributed by atoms with van der Waals surface area (Å²) in [5, 5.41) is 13.4. The number of rotatable bonds is 10. The van der Waals surface area contributed by atoms with Crippen LogP contribution in [0, 0.1) is 10.1 Å². The van der Waals surface area contributed by atoms with Crippen LogP contribution in [0.2, 0.25) is 0 Å². The van der Waals surface area contributed by atoms with E-state index in [2.05, 4.69) is 16.0 Å². The summed E-state index contributed by atoms with van der Waals surface area (Å²) >= 11 is 0. The van der Waals surface area contributed by atoms with Crippen LogP contribution in [0.25, 0.3) is 0 Å². The molecule has 0 N–H and O–H groups in total. The molecule has 0 aliphatic heterocycles. The fourth-order valence-corrected chi connectivity index (χ4v) is 2.99. The number of nitro benzene ring substituents is 1. The topological polar surface area (TPSA) is 134 Å². The quantitative estimate of drug-likeness (QED) is 0.120. The first-order valence-electron chi connectivity index (χ1n) is 9.20. The van der Waals surface area contributed by atoms with Crippen molar-refractivity contribution in [1.29, 1.82) is 0 Å². The summed E-state index contributed by atoms with van der Waals surface area (Å²) in [7, 11) is -4.78. The molecule has 2 aromatic carbocycles. The normalized spacial score (nSPS) is 12.1. The van der Waals surface area contributed by atoms with Gasteiger partial charge in [0.15, 0.2) is 5.71 Å². The van der Waals surface area contributed by atoms with Crippen molar-refractivity contribution in [2.75, 3.05) is 13.2 Å². The molecule has 0 aromatic heterocycles. The van der Waals surface area contributed by atoms with E-state index >= 15 is 0 Å². The summed E-state index contributed by atoms with van der Waals surface area (Å²) in [6, 6.07) is 7.59. The average Bonchev–Trinajstić information content (AvgIpc) is 2.76. The molecule has 182 valence electrons. The molecule has 0 aliphatic carbocycles. The van der Waals surface area contributed by atoms with Gasteiger partial charge < -0.3 is 9.47 Å². The van der Waals surface area contributed by atoms with Crippen molar-refractivity contribution in [2.45, 2.75) is 18.0 Å². The molecule has 14 heteroatoms. The Morgan fingerprint density at radius 3 is 2.18 bits per heavy atom. The zero-order valence-corrected chi connectivity index (χ0v) is 18.3. The highest BCUT2D eigenvalue weighted by Crippen LogP contribution is 2.26. The number of benzene rings is 2. The summed E-state index contributed by atoms with van der Waals surface area (Å²) in [6.07, 6.45) is -5.08. The van der Waals surface area contributed by atoms with Crippen LogP contribution >= 0.6 is 0 Å². The van der Waals surface area contributed by atoms with Gasteiger partial charge in [0.05, 0.1) is 4.92 Å². The first-order chi connectivity index (χ1) is 15.8. The van der Waals surface area contributed by atoms with Crippen LogP contribution in [0.5, 0.6) is 5.75 Å². The van der Waals surface area contributed by atoms with E-state index in [9.17, 15) is 36.5 Å². The van der Waals surface area contributed by atoms with Crippen LogP contribution in [0.1, 0.15) is 12.5 Å². The van der Waals surface area contributed by atoms with E-state index in [4.69, 9.17) is 9.47 Å². The second-order valence-corrected chi connectivity index (χ2v) is 8.04. The Balaban J connectivity index is 2.13. The number of non-ortho nitro benzene ring substituents is 1. The van der Waals surface area contributed by atoms with E-state index in [0.717, 1.165) is 36.4 Å². The number of nitrogens with zero attached hydrogens (tertiary/aromatic N) is 2. The monoisotopic (exact) mass is 502 g/mol. The highest BCUT2D eigenvalue weighted by Gasteiger charge is 2.38. The van der Waals surface area contributed by atoms with Gasteiger partial charge in [0.1, 0.15) is 23.9 Å². The number of hydrogen-bond donors (Lipinski definition) is 0. The Labute approximate surface area is 191 Å². The standard InChI is InChI=1S/C20H17F3N2O8S/c1-13(2)19(26)32-12-11-31-16-7-3-14(4-8-16)18(20(21,22)23)24-33-34(29,30)17-9-5-15(6-10-17)25(27)28/h3-10H,1,11-12H2,2H3. The van der Waals surface area contributed by atoms with Gasteiger partial charge in [0.2, 0.25) is 0 Å². The van der Waals surface area contributed by atoms with Crippen molar-refractivity contribution < 1.29 is 45.1 Å². The minimum Gasteiger partial charge on any atom is -0.490 e. The highest BCUT2D eigenvalue weighted by atomic mass is 32.2. The number of ether oxygens (including phenoxy) is 2. The molecule has 0 fully saturated rings. The maximum atomic E-state index is 13.4. The lowest BCUT2D eigenvalue weighted by Gasteiger charge is -2.12. The average molecular weight is 502 g/mol. The highest BCUT2D eigenvalue weighted by molar-refractivity contribution is 7.86. The molecule has 0 saturated carbocycles. The minimum atomic E-state index is -5.08. The van der Waals surface area contributed by atoms with Gasteiger partial charge in [-0.3, -0.25) is 14.4 Å². The molecule has 0 saturated heterocycles. The molecule has 0 amide bonds. The molecule has 0 unspecified atom stereocenters. The summed E-state index contributed by atoms with van der Waals surface area (Å²) in [5.74, 6) is -0.468. The summed E-state index contributed by atoms with van der Waals surface area (Å²) in [5.41, 5.74) is -2.39. The van der Waals surface area contributed by atoms with E-state index in [0.29, 0.717) is 0 Å². The lowest BCUT2D eigenvalue weighted by atomic mass is 10.1. The Morgan fingerprint density at radius 2 is 1.68 bits per heavy atom. The predicted molar refractivity (Wildman–Crippen MR) is 112 cm³/mol. The molecular weight excluding hydrogens is 485 g/mol. The zero-order valence-electron chi connectivity index (χ0n) is 17.4. The van der Waals surface area contributed by atoms with Crippen molar-refractivity contribution in [3.05, 3.63) is 76.4 Å². The number of carbonyl (C=O) groups excluding carboxylic acids is 1. The van der Waals surface area contributed by atoms with Gasteiger partial charge in [0, 0.05) is 23.3 Å². The van der Waals surface area contributed by atoms with Gasteiger partial charge in [-0.05, 0) is 43.3 Å². The van der Waals surface area contributed by atoms with Gasteiger partial charge in [-0.2, -0.15) is 21.6 Å². The third-order valence-corrected chi connectivity index (χ3v) is 5.01. The van der Waals surface area contributed by atoms with Gasteiger partial charge in [0.25, 0.3) is 5.69 Å². The molecule has 0 atom stereocenters. The summed E-state index contributed by atoms with van der Waals surface area (Å²) in [4.78, 5) is 20.5. The number of hydrogen-bond acceptors (Lipinski definition) is 9. The maximum Gasteiger partial charge on any atom is 0.437 e. The van der Waals surface area contributed by atoms with Crippen molar-refractivity contribution in [1.82, 2.24) is 0 Å². The van der Waals surface area contributed by atoms with E-state index in [-0.39, 0.29) is 24.5 Å². The SMILES string of the molecule is C=C(C)C(=O)OCCOc1ccc(C(=NOS(=O)(=O)c2ccc([N+](=O)[O-])cc2)C(F)(F)F)cc1. The van der Waals surface area contributed by atoms with Gasteiger partial charge in [-0.15, -0.1) is 0 Å². The lowest BCUT2D eigenvalue weighted by molar-refractivity contribution is -0.384. The fourth-order valence-electron chi connectivity index (χ4n) is 2.26. The molecule has 2 rings (SSSR count). The van der Waals surface area contributed by atoms with Crippen LogP contribution in [-0.4, -0.2) is 44.4 Å². The molecule has 0 radical (unpaired) electrons. The van der Waals surface area contributed by atoms with Gasteiger partial charge in [-0.1, -0.05) is 11.7 Å². The largest absolute Gasteiger partial charge is 0.490 e. The van der Waals surface area contributed by atoms with Gasteiger partial charge in [-0.25, -0.2) is 4.79 Å². The van der Waals surface area contributed by atoms with E-state index in [1.54, 1.807) is 0 Å². The second kappa shape index (κ2) is 10.8. The molecular formula is C20H17F3N2O8S. The number of carbonyl (C=O) groups is 1. The third-order valence-electron chi connectivity index (χ3n) is 3.89. The van der Waals surface area contributed by atoms with Crippen LogP contribution in [0.15, 0.2) is 70.7 Å². The van der Waals surface area contributed by atoms with Gasteiger partial charge >= 0.3 is 22.3 Å². The first kappa shape index (κ1) is 26.3. The summed E-state index contributed by atoms with van der Waals surface area (Å²) in [6.45, 7) is 4.68. The van der Waals surface area contributed by atoms with E-state index in [1.807, 2.05) is 0 Å². The van der Waals surface area contributed by atoms with Crippen molar-refractivity contribution >= 4 is 27.5 Å². The smallest absolute Gasteiger partial charge is 0.437 e. The number of alkyl halides is 3. The third kappa shape index (κ3) is 7.30. The lowest BCUT2D eigenvalue weighted by Crippen LogP contribution is -2.25. The van der Waals surface area contributed by atoms with E-state index in [1.165, 1.54) is 19.1 Å². The Morgan fingerprint density at radius 1 is 1.09 bits per heavy atom.